The van der Waals surface area contributed by atoms with Crippen LogP contribution in [0.2, 0.25) is 0 Å². The van der Waals surface area contributed by atoms with E-state index in [0.717, 1.165) is 6.42 Å². The molecule has 1 atom stereocenters. The first-order chi connectivity index (χ1) is 7.26. The summed E-state index contributed by atoms with van der Waals surface area (Å²) in [6, 6.07) is 1.83. The van der Waals surface area contributed by atoms with Crippen molar-refractivity contribution in [2.75, 3.05) is 6.61 Å². The third kappa shape index (κ3) is 4.12. The Labute approximate surface area is 89.1 Å². The molecule has 2 N–H and O–H groups in total. The molecule has 0 saturated heterocycles. The first-order valence-corrected chi connectivity index (χ1v) is 5.14. The van der Waals surface area contributed by atoms with Crippen LogP contribution >= 0.6 is 0 Å². The van der Waals surface area contributed by atoms with E-state index in [2.05, 4.69) is 10.4 Å². The van der Waals surface area contributed by atoms with Crippen LogP contribution in [0, 0.1) is 0 Å². The molecule has 0 radical (unpaired) electrons. The molecular weight excluding hydrogens is 194 g/mol. The van der Waals surface area contributed by atoms with E-state index in [1.807, 2.05) is 6.92 Å². The molecule has 0 aliphatic heterocycles. The van der Waals surface area contributed by atoms with Gasteiger partial charge in [-0.25, -0.2) is 0 Å². The van der Waals surface area contributed by atoms with Crippen molar-refractivity contribution in [3.8, 4) is 0 Å². The van der Waals surface area contributed by atoms with E-state index in [1.165, 1.54) is 0 Å². The number of amides is 1. The fraction of sp³-hybridized carbons (Fsp3) is 0.600. The molecule has 0 aromatic carbocycles. The molecule has 15 heavy (non-hydrogen) atoms. The van der Waals surface area contributed by atoms with E-state index in [4.69, 9.17) is 5.11 Å². The minimum Gasteiger partial charge on any atom is -0.396 e. The van der Waals surface area contributed by atoms with Crippen molar-refractivity contribution in [3.63, 3.8) is 0 Å². The predicted octanol–water partition coefficient (Wildman–Crippen LogP) is 0.160. The second-order valence-corrected chi connectivity index (χ2v) is 3.39. The van der Waals surface area contributed by atoms with E-state index >= 15 is 0 Å². The fourth-order valence-electron chi connectivity index (χ4n) is 1.35. The average molecular weight is 211 g/mol. The molecule has 0 aliphatic rings. The van der Waals surface area contributed by atoms with Gasteiger partial charge in [-0.15, -0.1) is 0 Å². The van der Waals surface area contributed by atoms with Gasteiger partial charge >= 0.3 is 0 Å². The van der Waals surface area contributed by atoms with E-state index in [1.54, 1.807) is 23.1 Å². The minimum absolute atomic E-state index is 0.0538. The van der Waals surface area contributed by atoms with Gasteiger partial charge in [-0.05, 0) is 18.9 Å². The normalized spacial score (nSPS) is 12.4. The molecule has 1 amide bonds. The number of aliphatic hydroxyl groups excluding tert-OH is 1. The van der Waals surface area contributed by atoms with Crippen LogP contribution in [0.3, 0.4) is 0 Å². The lowest BCUT2D eigenvalue weighted by Gasteiger charge is -2.15. The highest BCUT2D eigenvalue weighted by molar-refractivity contribution is 5.75. The summed E-state index contributed by atoms with van der Waals surface area (Å²) in [6.45, 7) is 2.31. The van der Waals surface area contributed by atoms with Crippen molar-refractivity contribution in [1.82, 2.24) is 15.1 Å². The van der Waals surface area contributed by atoms with Crippen LogP contribution < -0.4 is 5.32 Å². The first kappa shape index (κ1) is 11.7. The summed E-state index contributed by atoms with van der Waals surface area (Å²) in [6.07, 6.45) is 4.80. The second kappa shape index (κ2) is 6.19. The van der Waals surface area contributed by atoms with Gasteiger partial charge in [-0.3, -0.25) is 9.48 Å². The van der Waals surface area contributed by atoms with Crippen molar-refractivity contribution < 1.29 is 9.90 Å². The number of rotatable bonds is 6. The topological polar surface area (TPSA) is 67.2 Å². The molecule has 5 nitrogen and oxygen atoms in total. The van der Waals surface area contributed by atoms with Crippen LogP contribution in [0.4, 0.5) is 0 Å². The summed E-state index contributed by atoms with van der Waals surface area (Å²) in [5.74, 6) is -0.0704. The molecule has 1 heterocycles. The number of aliphatic hydroxyl groups is 1. The molecule has 0 aliphatic carbocycles. The summed E-state index contributed by atoms with van der Waals surface area (Å²) in [5.41, 5.74) is 0. The first-order valence-electron chi connectivity index (χ1n) is 5.14. The standard InChI is InChI=1S/C10H17N3O2/c1-2-9(4-7-14)12-10(15)8-13-6-3-5-11-13/h3,5-6,9,14H,2,4,7-8H2,1H3,(H,12,15). The fourth-order valence-corrected chi connectivity index (χ4v) is 1.35. The van der Waals surface area contributed by atoms with Crippen molar-refractivity contribution in [3.05, 3.63) is 18.5 Å². The lowest BCUT2D eigenvalue weighted by atomic mass is 10.1. The molecule has 0 spiro atoms. The monoisotopic (exact) mass is 211 g/mol. The third-order valence-electron chi connectivity index (χ3n) is 2.20. The maximum atomic E-state index is 11.5. The van der Waals surface area contributed by atoms with E-state index in [9.17, 15) is 4.79 Å². The quantitative estimate of drug-likeness (QED) is 0.704. The number of nitrogens with one attached hydrogen (secondary N) is 1. The van der Waals surface area contributed by atoms with Crippen LogP contribution in [0.1, 0.15) is 19.8 Å². The Bertz CT molecular complexity index is 285. The Morgan fingerprint density at radius 2 is 2.47 bits per heavy atom. The lowest BCUT2D eigenvalue weighted by molar-refractivity contribution is -0.122. The molecule has 5 heteroatoms. The summed E-state index contributed by atoms with van der Waals surface area (Å²) in [5, 5.41) is 15.6. The number of hydrogen-bond acceptors (Lipinski definition) is 3. The SMILES string of the molecule is CCC(CCO)NC(=O)Cn1cccn1. The smallest absolute Gasteiger partial charge is 0.241 e. The van der Waals surface area contributed by atoms with Crippen LogP contribution in [0.5, 0.6) is 0 Å². The maximum Gasteiger partial charge on any atom is 0.241 e. The van der Waals surface area contributed by atoms with Crippen LogP contribution in [0.15, 0.2) is 18.5 Å². The molecule has 1 rings (SSSR count). The van der Waals surface area contributed by atoms with Crippen molar-refractivity contribution in [1.29, 1.82) is 0 Å². The molecule has 1 aromatic rings. The lowest BCUT2D eigenvalue weighted by Crippen LogP contribution is -2.37. The molecule has 84 valence electrons. The Balaban J connectivity index is 2.34. The zero-order valence-electron chi connectivity index (χ0n) is 8.89. The molecule has 0 fully saturated rings. The van der Waals surface area contributed by atoms with E-state index < -0.39 is 0 Å². The number of nitrogens with zero attached hydrogens (tertiary/aromatic N) is 2. The Morgan fingerprint density at radius 1 is 1.67 bits per heavy atom. The highest BCUT2D eigenvalue weighted by Gasteiger charge is 2.09. The van der Waals surface area contributed by atoms with Gasteiger partial charge in [-0.1, -0.05) is 6.92 Å². The molecule has 1 unspecified atom stereocenters. The number of carbonyl (C=O) groups excluding carboxylic acids is 1. The second-order valence-electron chi connectivity index (χ2n) is 3.39. The van der Waals surface area contributed by atoms with Gasteiger partial charge in [0.1, 0.15) is 6.54 Å². The number of hydrogen-bond donors (Lipinski definition) is 2. The maximum absolute atomic E-state index is 11.5. The minimum atomic E-state index is -0.0704. The van der Waals surface area contributed by atoms with Gasteiger partial charge < -0.3 is 10.4 Å². The zero-order chi connectivity index (χ0) is 11.1. The van der Waals surface area contributed by atoms with Crippen LogP contribution in [0.25, 0.3) is 0 Å². The van der Waals surface area contributed by atoms with Gasteiger partial charge in [0.25, 0.3) is 0 Å². The highest BCUT2D eigenvalue weighted by atomic mass is 16.3. The number of aromatic nitrogens is 2. The van der Waals surface area contributed by atoms with Crippen molar-refractivity contribution in [2.45, 2.75) is 32.4 Å². The number of carbonyl (C=O) groups is 1. The Morgan fingerprint density at radius 3 is 3.00 bits per heavy atom. The van der Waals surface area contributed by atoms with Gasteiger partial charge in [0.15, 0.2) is 0 Å². The van der Waals surface area contributed by atoms with E-state index in [-0.39, 0.29) is 25.1 Å². The predicted molar refractivity (Wildman–Crippen MR) is 56.2 cm³/mol. The Hall–Kier alpha value is -1.36. The van der Waals surface area contributed by atoms with Gasteiger partial charge in [-0.2, -0.15) is 5.10 Å². The summed E-state index contributed by atoms with van der Waals surface area (Å²) in [7, 11) is 0. The molecular formula is C10H17N3O2. The van der Waals surface area contributed by atoms with Gasteiger partial charge in [0.2, 0.25) is 5.91 Å². The molecule has 1 aromatic heterocycles. The largest absolute Gasteiger partial charge is 0.396 e. The van der Waals surface area contributed by atoms with Crippen molar-refractivity contribution in [2.24, 2.45) is 0 Å². The average Bonchev–Trinajstić information content (AvgIpc) is 2.69. The van der Waals surface area contributed by atoms with Crippen LogP contribution in [-0.2, 0) is 11.3 Å². The van der Waals surface area contributed by atoms with E-state index in [0.29, 0.717) is 6.42 Å². The summed E-state index contributed by atoms with van der Waals surface area (Å²) < 4.78 is 1.57. The van der Waals surface area contributed by atoms with Gasteiger partial charge in [0.05, 0.1) is 0 Å². The molecule has 0 bridgehead atoms. The third-order valence-corrected chi connectivity index (χ3v) is 2.20. The summed E-state index contributed by atoms with van der Waals surface area (Å²) in [4.78, 5) is 11.5. The highest BCUT2D eigenvalue weighted by Crippen LogP contribution is 1.96. The molecule has 0 saturated carbocycles. The summed E-state index contributed by atoms with van der Waals surface area (Å²) >= 11 is 0. The van der Waals surface area contributed by atoms with Crippen molar-refractivity contribution >= 4 is 5.91 Å². The van der Waals surface area contributed by atoms with Gasteiger partial charge in [0, 0.05) is 25.0 Å². The zero-order valence-corrected chi connectivity index (χ0v) is 8.89. The Kier molecular flexibility index (Phi) is 4.83. The van der Waals surface area contributed by atoms with Crippen LogP contribution in [-0.4, -0.2) is 33.4 Å².